The van der Waals surface area contributed by atoms with Crippen molar-refractivity contribution in [1.29, 1.82) is 0 Å². The number of hydrogen-bond acceptors (Lipinski definition) is 5. The highest BCUT2D eigenvalue weighted by molar-refractivity contribution is 6.05. The molecular formula is C23H27F3N4O3. The molecule has 1 amide bonds. The standard InChI is InChI=1S/C23H27F3N4O3/c1-13-8-16(17-11-22(4,33-29-17)19-10-15(3)28-30(19)5)9-14(2)21(13)18(31)6-7-20(32)27-12-23(24,25)26/h8-10H,6-7,11-12H2,1-5H3,(H,27,32). The van der Waals surface area contributed by atoms with Crippen LogP contribution in [0.5, 0.6) is 0 Å². The van der Waals surface area contributed by atoms with Crippen molar-refractivity contribution in [2.75, 3.05) is 6.54 Å². The third-order valence-electron chi connectivity index (χ3n) is 5.62. The smallest absolute Gasteiger partial charge is 0.382 e. The monoisotopic (exact) mass is 464 g/mol. The Hall–Kier alpha value is -3.17. The molecule has 0 bridgehead atoms. The zero-order valence-corrected chi connectivity index (χ0v) is 19.3. The summed E-state index contributed by atoms with van der Waals surface area (Å²) >= 11 is 0. The molecule has 33 heavy (non-hydrogen) atoms. The fourth-order valence-electron chi connectivity index (χ4n) is 4.15. The van der Waals surface area contributed by atoms with Crippen molar-refractivity contribution in [3.63, 3.8) is 0 Å². The van der Waals surface area contributed by atoms with Gasteiger partial charge in [0.1, 0.15) is 6.54 Å². The lowest BCUT2D eigenvalue weighted by Gasteiger charge is -2.21. The molecular weight excluding hydrogens is 437 g/mol. The predicted octanol–water partition coefficient (Wildman–Crippen LogP) is 4.03. The largest absolute Gasteiger partial charge is 0.405 e. The predicted molar refractivity (Wildman–Crippen MR) is 116 cm³/mol. The summed E-state index contributed by atoms with van der Waals surface area (Å²) in [6.07, 6.45) is -4.44. The summed E-state index contributed by atoms with van der Waals surface area (Å²) in [5, 5.41) is 10.4. The normalized spacial score (nSPS) is 18.1. The number of aromatic nitrogens is 2. The number of aryl methyl sites for hydroxylation is 4. The summed E-state index contributed by atoms with van der Waals surface area (Å²) in [6.45, 7) is 6.02. The van der Waals surface area contributed by atoms with Crippen molar-refractivity contribution in [1.82, 2.24) is 15.1 Å². The second-order valence-electron chi connectivity index (χ2n) is 8.63. The lowest BCUT2D eigenvalue weighted by Crippen LogP contribution is -2.33. The quantitative estimate of drug-likeness (QED) is 0.627. The van der Waals surface area contributed by atoms with Gasteiger partial charge in [-0.25, -0.2) is 0 Å². The molecule has 0 saturated carbocycles. The molecule has 0 spiro atoms. The van der Waals surface area contributed by atoms with Gasteiger partial charge in [-0.3, -0.25) is 14.3 Å². The maximum absolute atomic E-state index is 12.7. The molecule has 0 aliphatic carbocycles. The number of carbonyl (C=O) groups excluding carboxylic acids is 2. The van der Waals surface area contributed by atoms with Gasteiger partial charge in [0.2, 0.25) is 5.91 Å². The third-order valence-corrected chi connectivity index (χ3v) is 5.62. The van der Waals surface area contributed by atoms with Crippen LogP contribution < -0.4 is 5.32 Å². The van der Waals surface area contributed by atoms with Crippen molar-refractivity contribution in [2.45, 2.75) is 58.7 Å². The number of nitrogens with zero attached hydrogens (tertiary/aromatic N) is 3. The van der Waals surface area contributed by atoms with Gasteiger partial charge in [-0.15, -0.1) is 0 Å². The van der Waals surface area contributed by atoms with E-state index in [-0.39, 0.29) is 18.6 Å². The van der Waals surface area contributed by atoms with Crippen molar-refractivity contribution in [3.05, 3.63) is 51.8 Å². The molecule has 1 aliphatic rings. The number of nitrogens with one attached hydrogen (secondary N) is 1. The van der Waals surface area contributed by atoms with Gasteiger partial charge in [0.15, 0.2) is 11.4 Å². The van der Waals surface area contributed by atoms with Crippen LogP contribution in [0.25, 0.3) is 0 Å². The summed E-state index contributed by atoms with van der Waals surface area (Å²) in [5.41, 5.74) is 4.57. The highest BCUT2D eigenvalue weighted by Crippen LogP contribution is 2.36. The molecule has 0 saturated heterocycles. The van der Waals surface area contributed by atoms with Gasteiger partial charge in [0.25, 0.3) is 0 Å². The van der Waals surface area contributed by atoms with Gasteiger partial charge >= 0.3 is 6.18 Å². The Bertz CT molecular complexity index is 1100. The number of benzene rings is 1. The number of halogens is 3. The molecule has 10 heteroatoms. The first-order chi connectivity index (χ1) is 15.3. The molecule has 1 atom stereocenters. The first-order valence-corrected chi connectivity index (χ1v) is 10.5. The minimum Gasteiger partial charge on any atom is -0.382 e. The van der Waals surface area contributed by atoms with Crippen molar-refractivity contribution < 1.29 is 27.6 Å². The summed E-state index contributed by atoms with van der Waals surface area (Å²) in [6, 6.07) is 5.64. The van der Waals surface area contributed by atoms with E-state index >= 15 is 0 Å². The van der Waals surface area contributed by atoms with Crippen LogP contribution >= 0.6 is 0 Å². The Morgan fingerprint density at radius 2 is 1.79 bits per heavy atom. The van der Waals surface area contributed by atoms with Crippen molar-refractivity contribution >= 4 is 17.4 Å². The third kappa shape index (κ3) is 5.61. The Balaban J connectivity index is 1.70. The average Bonchev–Trinajstić information content (AvgIpc) is 3.26. The van der Waals surface area contributed by atoms with E-state index in [1.54, 1.807) is 23.8 Å². The van der Waals surface area contributed by atoms with E-state index < -0.39 is 24.2 Å². The Morgan fingerprint density at radius 1 is 1.15 bits per heavy atom. The van der Waals surface area contributed by atoms with Crippen LogP contribution in [-0.2, 0) is 22.3 Å². The molecule has 1 aromatic carbocycles. The SMILES string of the molecule is Cc1cc(C2(C)CC(c3cc(C)c(C(=O)CCC(=O)NCC(F)(F)F)c(C)c3)=NO2)n(C)n1. The molecule has 178 valence electrons. The van der Waals surface area contributed by atoms with Crippen LogP contribution in [0.15, 0.2) is 23.4 Å². The maximum atomic E-state index is 12.7. The first-order valence-electron chi connectivity index (χ1n) is 10.5. The van der Waals surface area contributed by atoms with Crippen molar-refractivity contribution in [3.8, 4) is 0 Å². The number of ketones is 1. The maximum Gasteiger partial charge on any atom is 0.405 e. The first kappa shape index (κ1) is 24.5. The molecule has 1 aromatic heterocycles. The number of rotatable bonds is 7. The lowest BCUT2D eigenvalue weighted by molar-refractivity contribution is -0.138. The van der Waals surface area contributed by atoms with E-state index in [1.807, 2.05) is 39.1 Å². The molecule has 2 heterocycles. The summed E-state index contributed by atoms with van der Waals surface area (Å²) < 4.78 is 38.4. The van der Waals surface area contributed by atoms with Crippen LogP contribution in [0.1, 0.15) is 64.6 Å². The molecule has 7 nitrogen and oxygen atoms in total. The fraction of sp³-hybridized carbons (Fsp3) is 0.478. The molecule has 2 aromatic rings. The number of oxime groups is 1. The Labute approximate surface area is 190 Å². The van der Waals surface area contributed by atoms with E-state index in [1.165, 1.54) is 0 Å². The molecule has 1 unspecified atom stereocenters. The number of amides is 1. The summed E-state index contributed by atoms with van der Waals surface area (Å²) in [4.78, 5) is 30.1. The zero-order chi connectivity index (χ0) is 24.6. The van der Waals surface area contributed by atoms with Crippen LogP contribution in [0, 0.1) is 20.8 Å². The van der Waals surface area contributed by atoms with E-state index in [2.05, 4.69) is 10.3 Å². The van der Waals surface area contributed by atoms with Gasteiger partial charge in [-0.1, -0.05) is 5.16 Å². The lowest BCUT2D eigenvalue weighted by atomic mass is 9.89. The number of alkyl halides is 3. The van der Waals surface area contributed by atoms with Gasteiger partial charge < -0.3 is 10.2 Å². The zero-order valence-electron chi connectivity index (χ0n) is 19.3. The summed E-state index contributed by atoms with van der Waals surface area (Å²) in [7, 11) is 1.85. The molecule has 3 rings (SSSR count). The Morgan fingerprint density at radius 3 is 2.33 bits per heavy atom. The van der Waals surface area contributed by atoms with Crippen LogP contribution in [-0.4, -0.2) is 39.9 Å². The van der Waals surface area contributed by atoms with Gasteiger partial charge in [0, 0.05) is 37.4 Å². The second-order valence-corrected chi connectivity index (χ2v) is 8.63. The molecule has 1 N–H and O–H groups in total. The van der Waals surface area contributed by atoms with Gasteiger partial charge in [-0.05, 0) is 57.0 Å². The van der Waals surface area contributed by atoms with Crippen LogP contribution in [0.2, 0.25) is 0 Å². The highest BCUT2D eigenvalue weighted by Gasteiger charge is 2.39. The number of Topliss-reactive ketones (excluding diaryl/α,β-unsaturated/α-hetero) is 1. The Kier molecular flexibility index (Phi) is 6.67. The van der Waals surface area contributed by atoms with E-state index in [0.29, 0.717) is 23.1 Å². The van der Waals surface area contributed by atoms with Crippen LogP contribution in [0.3, 0.4) is 0 Å². The van der Waals surface area contributed by atoms with Crippen LogP contribution in [0.4, 0.5) is 13.2 Å². The average molecular weight is 464 g/mol. The summed E-state index contributed by atoms with van der Waals surface area (Å²) in [5.74, 6) is -1.10. The second kappa shape index (κ2) is 8.99. The topological polar surface area (TPSA) is 85.6 Å². The number of carbonyl (C=O) groups is 2. The molecule has 1 aliphatic heterocycles. The molecule has 0 fully saturated rings. The van der Waals surface area contributed by atoms with Crippen molar-refractivity contribution in [2.24, 2.45) is 12.2 Å². The minimum absolute atomic E-state index is 0.174. The van der Waals surface area contributed by atoms with Gasteiger partial charge in [0.05, 0.1) is 17.1 Å². The minimum atomic E-state index is -4.49. The van der Waals surface area contributed by atoms with E-state index in [4.69, 9.17) is 4.84 Å². The number of hydrogen-bond donors (Lipinski definition) is 1. The van der Waals surface area contributed by atoms with Gasteiger partial charge in [-0.2, -0.15) is 18.3 Å². The fourth-order valence-corrected chi connectivity index (χ4v) is 4.15. The molecule has 0 radical (unpaired) electrons. The van der Waals surface area contributed by atoms with E-state index in [9.17, 15) is 22.8 Å². The van der Waals surface area contributed by atoms with E-state index in [0.717, 1.165) is 22.7 Å². The highest BCUT2D eigenvalue weighted by atomic mass is 19.4.